The van der Waals surface area contributed by atoms with Gasteiger partial charge in [-0.05, 0) is 36.8 Å². The maximum absolute atomic E-state index is 5.85. The van der Waals surface area contributed by atoms with E-state index in [2.05, 4.69) is 10.2 Å². The van der Waals surface area contributed by atoms with Crippen molar-refractivity contribution in [3.8, 4) is 0 Å². The van der Waals surface area contributed by atoms with E-state index < -0.39 is 0 Å². The van der Waals surface area contributed by atoms with Crippen molar-refractivity contribution in [3.63, 3.8) is 0 Å². The Morgan fingerprint density at radius 2 is 1.95 bits per heavy atom. The Balaban J connectivity index is 1.77. The lowest BCUT2D eigenvalue weighted by atomic mass is 10.2. The van der Waals surface area contributed by atoms with E-state index in [4.69, 9.17) is 33.0 Å². The lowest BCUT2D eigenvalue weighted by molar-refractivity contribution is 0.325. The molecule has 112 valence electrons. The highest BCUT2D eigenvalue weighted by Gasteiger charge is 2.09. The van der Waals surface area contributed by atoms with Gasteiger partial charge in [0.25, 0.3) is 0 Å². The van der Waals surface area contributed by atoms with Crippen molar-refractivity contribution in [2.75, 3.05) is 6.61 Å². The Hall–Kier alpha value is -1.11. The summed E-state index contributed by atoms with van der Waals surface area (Å²) >= 11 is 12.6. The topological polar surface area (TPSA) is 48.2 Å². The summed E-state index contributed by atoms with van der Waals surface area (Å²) in [6, 6.07) is 7.79. The molecule has 2 rings (SSSR count). The third-order valence-electron chi connectivity index (χ3n) is 2.52. The Kier molecular flexibility index (Phi) is 6.48. The van der Waals surface area contributed by atoms with Gasteiger partial charge in [-0.1, -0.05) is 23.7 Å². The molecule has 0 spiro atoms. The summed E-state index contributed by atoms with van der Waals surface area (Å²) in [6.07, 6.45) is 0.387. The van der Waals surface area contributed by atoms with Crippen LogP contribution in [0.25, 0.3) is 0 Å². The molecule has 1 aromatic carbocycles. The molecular weight excluding hydrogens is 328 g/mol. The summed E-state index contributed by atoms with van der Waals surface area (Å²) in [6.45, 7) is 2.44. The summed E-state index contributed by atoms with van der Waals surface area (Å²) in [5.41, 5.74) is 1.21. The van der Waals surface area contributed by atoms with E-state index in [-0.39, 0.29) is 0 Å². The number of nitrogens with zero attached hydrogens (tertiary/aromatic N) is 2. The standard InChI is InChI=1S/C14H15ClN2O2S2/c1-2-18-14(20)7-12-16-17-13(19-12)9-21-8-10-3-5-11(15)6-4-10/h3-6H,2,7-9H2,1H3. The summed E-state index contributed by atoms with van der Waals surface area (Å²) in [5, 5.41) is 9.18. The predicted molar refractivity (Wildman–Crippen MR) is 88.7 cm³/mol. The van der Waals surface area contributed by atoms with Crippen LogP contribution in [0.1, 0.15) is 24.3 Å². The number of benzene rings is 1. The van der Waals surface area contributed by atoms with Crippen molar-refractivity contribution < 1.29 is 9.15 Å². The summed E-state index contributed by atoms with van der Waals surface area (Å²) in [4.78, 5) is 0. The van der Waals surface area contributed by atoms with E-state index in [9.17, 15) is 0 Å². The van der Waals surface area contributed by atoms with Gasteiger partial charge in [0, 0.05) is 10.8 Å². The molecule has 0 atom stereocenters. The van der Waals surface area contributed by atoms with Gasteiger partial charge in [-0.2, -0.15) is 0 Å². The number of thioether (sulfide) groups is 1. The number of hydrogen-bond acceptors (Lipinski definition) is 6. The Morgan fingerprint density at radius 3 is 2.67 bits per heavy atom. The molecule has 4 nitrogen and oxygen atoms in total. The number of aromatic nitrogens is 2. The van der Waals surface area contributed by atoms with Crippen molar-refractivity contribution in [1.82, 2.24) is 10.2 Å². The maximum Gasteiger partial charge on any atom is 0.226 e. The number of halogens is 1. The quantitative estimate of drug-likeness (QED) is 0.707. The lowest BCUT2D eigenvalue weighted by Crippen LogP contribution is -2.05. The molecule has 0 amide bonds. The zero-order valence-corrected chi connectivity index (χ0v) is 13.9. The van der Waals surface area contributed by atoms with Crippen LogP contribution in [0, 0.1) is 0 Å². The molecule has 0 aliphatic carbocycles. The molecule has 1 aromatic heterocycles. The van der Waals surface area contributed by atoms with Gasteiger partial charge < -0.3 is 9.15 Å². The second kappa shape index (κ2) is 8.36. The minimum absolute atomic E-state index is 0.387. The first-order valence-corrected chi connectivity index (χ1v) is 8.40. The van der Waals surface area contributed by atoms with Gasteiger partial charge in [0.2, 0.25) is 11.8 Å². The molecule has 21 heavy (non-hydrogen) atoms. The first-order valence-electron chi connectivity index (χ1n) is 6.46. The number of hydrogen-bond donors (Lipinski definition) is 0. The van der Waals surface area contributed by atoms with Crippen molar-refractivity contribution in [3.05, 3.63) is 46.6 Å². The van der Waals surface area contributed by atoms with Crippen LogP contribution in [0.4, 0.5) is 0 Å². The molecule has 7 heteroatoms. The number of thiocarbonyl (C=S) groups is 1. The van der Waals surface area contributed by atoms with Crippen LogP contribution >= 0.6 is 35.6 Å². The van der Waals surface area contributed by atoms with Crippen molar-refractivity contribution in [1.29, 1.82) is 0 Å². The highest BCUT2D eigenvalue weighted by Crippen LogP contribution is 2.19. The molecule has 2 aromatic rings. The van der Waals surface area contributed by atoms with Crippen molar-refractivity contribution in [2.45, 2.75) is 24.9 Å². The van der Waals surface area contributed by atoms with E-state index in [0.717, 1.165) is 10.8 Å². The molecule has 0 fully saturated rings. The minimum atomic E-state index is 0.387. The average molecular weight is 343 g/mol. The molecule has 0 radical (unpaired) electrons. The SMILES string of the molecule is CCOC(=S)Cc1nnc(CSCc2ccc(Cl)cc2)o1. The first-order chi connectivity index (χ1) is 10.2. The number of ether oxygens (including phenoxy) is 1. The van der Waals surface area contributed by atoms with Crippen LogP contribution in [-0.2, 0) is 22.7 Å². The van der Waals surface area contributed by atoms with Gasteiger partial charge in [0.15, 0.2) is 5.05 Å². The van der Waals surface area contributed by atoms with E-state index >= 15 is 0 Å². The van der Waals surface area contributed by atoms with Gasteiger partial charge in [0.05, 0.1) is 18.8 Å². The molecule has 0 unspecified atom stereocenters. The molecule has 0 bridgehead atoms. The van der Waals surface area contributed by atoms with Crippen LogP contribution < -0.4 is 0 Å². The first kappa shape index (κ1) is 16.3. The third-order valence-corrected chi connectivity index (χ3v) is 4.02. The summed E-state index contributed by atoms with van der Waals surface area (Å²) in [7, 11) is 0. The Labute approximate surface area is 138 Å². The molecule has 0 saturated heterocycles. The van der Waals surface area contributed by atoms with E-state index in [1.165, 1.54) is 5.56 Å². The smallest absolute Gasteiger partial charge is 0.226 e. The Morgan fingerprint density at radius 1 is 1.24 bits per heavy atom. The summed E-state index contributed by atoms with van der Waals surface area (Å²) < 4.78 is 10.7. The fourth-order valence-corrected chi connectivity index (χ4v) is 2.78. The molecule has 0 saturated carbocycles. The van der Waals surface area contributed by atoms with Crippen LogP contribution in [0.2, 0.25) is 5.02 Å². The lowest BCUT2D eigenvalue weighted by Gasteiger charge is -2.01. The molecule has 1 heterocycles. The molecule has 0 N–H and O–H groups in total. The summed E-state index contributed by atoms with van der Waals surface area (Å²) in [5.74, 6) is 2.63. The Bertz CT molecular complexity index is 587. The monoisotopic (exact) mass is 342 g/mol. The second-order valence-corrected chi connectivity index (χ2v) is 6.07. The largest absolute Gasteiger partial charge is 0.487 e. The van der Waals surface area contributed by atoms with Crippen LogP contribution in [0.15, 0.2) is 28.7 Å². The predicted octanol–water partition coefficient (Wildman–Crippen LogP) is 4.06. The van der Waals surface area contributed by atoms with Gasteiger partial charge in [-0.3, -0.25) is 0 Å². The molecule has 0 aliphatic heterocycles. The second-order valence-electron chi connectivity index (χ2n) is 4.19. The van der Waals surface area contributed by atoms with Crippen molar-refractivity contribution in [2.24, 2.45) is 0 Å². The van der Waals surface area contributed by atoms with Crippen molar-refractivity contribution >= 4 is 40.6 Å². The zero-order chi connectivity index (χ0) is 15.1. The molecule has 0 aliphatic rings. The third kappa shape index (κ3) is 5.65. The molecular formula is C14H15ClN2O2S2. The maximum atomic E-state index is 5.85. The average Bonchev–Trinajstić information content (AvgIpc) is 2.89. The zero-order valence-electron chi connectivity index (χ0n) is 11.5. The van der Waals surface area contributed by atoms with Gasteiger partial charge >= 0.3 is 0 Å². The normalized spacial score (nSPS) is 10.6. The van der Waals surface area contributed by atoms with Crippen LogP contribution in [0.5, 0.6) is 0 Å². The van der Waals surface area contributed by atoms with E-state index in [0.29, 0.717) is 35.6 Å². The highest BCUT2D eigenvalue weighted by molar-refractivity contribution is 7.97. The minimum Gasteiger partial charge on any atom is -0.487 e. The van der Waals surface area contributed by atoms with Crippen LogP contribution in [0.3, 0.4) is 0 Å². The fraction of sp³-hybridized carbons (Fsp3) is 0.357. The van der Waals surface area contributed by atoms with E-state index in [1.54, 1.807) is 11.8 Å². The van der Waals surface area contributed by atoms with Gasteiger partial charge in [0.1, 0.15) is 0 Å². The number of rotatable bonds is 7. The highest BCUT2D eigenvalue weighted by atomic mass is 35.5. The van der Waals surface area contributed by atoms with Gasteiger partial charge in [-0.25, -0.2) is 0 Å². The van der Waals surface area contributed by atoms with Crippen LogP contribution in [-0.4, -0.2) is 21.9 Å². The van der Waals surface area contributed by atoms with Gasteiger partial charge in [-0.15, -0.1) is 22.0 Å². The van der Waals surface area contributed by atoms with E-state index in [1.807, 2.05) is 31.2 Å². The fourth-order valence-electron chi connectivity index (χ4n) is 1.59.